The Balaban J connectivity index is 1.84. The molecule has 0 radical (unpaired) electrons. The Hall–Kier alpha value is -2.27. The molecule has 0 bridgehead atoms. The summed E-state index contributed by atoms with van der Waals surface area (Å²) in [6.45, 7) is 5.91. The zero-order valence-corrected chi connectivity index (χ0v) is 14.3. The Morgan fingerprint density at radius 2 is 1.79 bits per heavy atom. The second-order valence-electron chi connectivity index (χ2n) is 5.31. The van der Waals surface area contributed by atoms with E-state index in [9.17, 15) is 4.79 Å². The topological polar surface area (TPSA) is 49.7 Å². The summed E-state index contributed by atoms with van der Waals surface area (Å²) in [5.41, 5.74) is 1.01. The van der Waals surface area contributed by atoms with Crippen LogP contribution in [0.5, 0.6) is 5.75 Å². The van der Waals surface area contributed by atoms with Crippen molar-refractivity contribution < 1.29 is 19.0 Å². The van der Waals surface area contributed by atoms with Crippen LogP contribution >= 0.6 is 0 Å². The van der Waals surface area contributed by atoms with Gasteiger partial charge in [-0.3, -0.25) is 0 Å². The standard InChI is InChI=1S/C19H25NO4/c1-3-22-18(19(21)23-4-2)15-16-7-9-17(10-8-16)24-14-13-20-11-5-6-12-20/h5-12,18H,3-4,13-15H2,1-2H3/t18-/m0/s1. The van der Waals surface area contributed by atoms with Crippen molar-refractivity contribution in [2.24, 2.45) is 0 Å². The zero-order valence-electron chi connectivity index (χ0n) is 14.3. The Kier molecular flexibility index (Phi) is 7.36. The number of carbonyl (C=O) groups is 1. The van der Waals surface area contributed by atoms with Gasteiger partial charge >= 0.3 is 5.97 Å². The third kappa shape index (κ3) is 5.74. The van der Waals surface area contributed by atoms with E-state index in [1.165, 1.54) is 0 Å². The quantitative estimate of drug-likeness (QED) is 0.628. The maximum Gasteiger partial charge on any atom is 0.335 e. The number of rotatable bonds is 10. The maximum atomic E-state index is 11.9. The average Bonchev–Trinajstić information content (AvgIpc) is 3.09. The van der Waals surface area contributed by atoms with Crippen LogP contribution in [-0.2, 0) is 27.2 Å². The van der Waals surface area contributed by atoms with Crippen LogP contribution in [0, 0.1) is 0 Å². The average molecular weight is 331 g/mol. The molecule has 1 atom stereocenters. The molecular weight excluding hydrogens is 306 g/mol. The van der Waals surface area contributed by atoms with Gasteiger partial charge in [-0.1, -0.05) is 12.1 Å². The summed E-state index contributed by atoms with van der Waals surface area (Å²) in [4.78, 5) is 11.9. The first-order chi connectivity index (χ1) is 11.7. The van der Waals surface area contributed by atoms with Crippen LogP contribution in [0.1, 0.15) is 19.4 Å². The van der Waals surface area contributed by atoms with Crippen molar-refractivity contribution in [2.75, 3.05) is 19.8 Å². The van der Waals surface area contributed by atoms with Crippen molar-refractivity contribution in [1.29, 1.82) is 0 Å². The highest BCUT2D eigenvalue weighted by Gasteiger charge is 2.20. The zero-order chi connectivity index (χ0) is 17.2. The highest BCUT2D eigenvalue weighted by Crippen LogP contribution is 2.15. The Bertz CT molecular complexity index is 592. The monoisotopic (exact) mass is 331 g/mol. The molecule has 0 spiro atoms. The van der Waals surface area contributed by atoms with Crippen LogP contribution in [-0.4, -0.2) is 36.5 Å². The predicted molar refractivity (Wildman–Crippen MR) is 92.1 cm³/mol. The van der Waals surface area contributed by atoms with Gasteiger partial charge in [0.2, 0.25) is 0 Å². The van der Waals surface area contributed by atoms with Crippen LogP contribution in [0.3, 0.4) is 0 Å². The summed E-state index contributed by atoms with van der Waals surface area (Å²) in [7, 11) is 0. The van der Waals surface area contributed by atoms with Gasteiger partial charge in [0.25, 0.3) is 0 Å². The van der Waals surface area contributed by atoms with Crippen molar-refractivity contribution >= 4 is 5.97 Å². The van der Waals surface area contributed by atoms with Crippen molar-refractivity contribution in [1.82, 2.24) is 4.57 Å². The van der Waals surface area contributed by atoms with Crippen LogP contribution < -0.4 is 4.74 Å². The lowest BCUT2D eigenvalue weighted by Gasteiger charge is -2.15. The molecule has 24 heavy (non-hydrogen) atoms. The first-order valence-electron chi connectivity index (χ1n) is 8.33. The Morgan fingerprint density at radius 3 is 2.42 bits per heavy atom. The van der Waals surface area contributed by atoms with E-state index in [-0.39, 0.29) is 5.97 Å². The Morgan fingerprint density at radius 1 is 1.08 bits per heavy atom. The van der Waals surface area contributed by atoms with Gasteiger partial charge in [-0.05, 0) is 43.7 Å². The van der Waals surface area contributed by atoms with E-state index in [1.807, 2.05) is 55.7 Å². The lowest BCUT2D eigenvalue weighted by atomic mass is 10.1. The minimum absolute atomic E-state index is 0.314. The lowest BCUT2D eigenvalue weighted by molar-refractivity contribution is -0.156. The van der Waals surface area contributed by atoms with Gasteiger partial charge in [0, 0.05) is 25.4 Å². The molecule has 5 heteroatoms. The summed E-state index contributed by atoms with van der Waals surface area (Å²) in [5.74, 6) is 0.501. The number of ether oxygens (including phenoxy) is 3. The summed E-state index contributed by atoms with van der Waals surface area (Å²) in [5, 5.41) is 0. The van der Waals surface area contributed by atoms with Crippen molar-refractivity contribution in [3.8, 4) is 5.75 Å². The number of carbonyl (C=O) groups excluding carboxylic acids is 1. The molecule has 1 aromatic heterocycles. The second kappa shape index (κ2) is 9.78. The normalized spacial score (nSPS) is 11.9. The molecule has 1 aromatic carbocycles. The summed E-state index contributed by atoms with van der Waals surface area (Å²) >= 11 is 0. The van der Waals surface area contributed by atoms with Crippen molar-refractivity contribution in [2.45, 2.75) is 32.9 Å². The summed E-state index contributed by atoms with van der Waals surface area (Å²) in [6.07, 6.45) is 3.96. The van der Waals surface area contributed by atoms with Gasteiger partial charge < -0.3 is 18.8 Å². The van der Waals surface area contributed by atoms with Crippen LogP contribution in [0.4, 0.5) is 0 Å². The smallest absolute Gasteiger partial charge is 0.335 e. The fourth-order valence-corrected chi connectivity index (χ4v) is 2.37. The van der Waals surface area contributed by atoms with Gasteiger partial charge in [0.05, 0.1) is 13.2 Å². The van der Waals surface area contributed by atoms with E-state index in [0.717, 1.165) is 17.9 Å². The molecule has 2 rings (SSSR count). The van der Waals surface area contributed by atoms with Gasteiger partial charge in [-0.25, -0.2) is 4.79 Å². The minimum Gasteiger partial charge on any atom is -0.492 e. The molecule has 0 saturated heterocycles. The molecule has 130 valence electrons. The molecule has 0 fully saturated rings. The molecule has 0 aliphatic rings. The summed E-state index contributed by atoms with van der Waals surface area (Å²) < 4.78 is 18.3. The van der Waals surface area contributed by atoms with Gasteiger partial charge in [0.1, 0.15) is 12.4 Å². The highest BCUT2D eigenvalue weighted by atomic mass is 16.6. The van der Waals surface area contributed by atoms with Crippen LogP contribution in [0.25, 0.3) is 0 Å². The number of benzene rings is 1. The fraction of sp³-hybridized carbons (Fsp3) is 0.421. The van der Waals surface area contributed by atoms with Gasteiger partial charge in [0.15, 0.2) is 6.10 Å². The molecule has 0 unspecified atom stereocenters. The molecular formula is C19H25NO4. The second-order valence-corrected chi connectivity index (χ2v) is 5.31. The van der Waals surface area contributed by atoms with E-state index in [0.29, 0.717) is 26.2 Å². The van der Waals surface area contributed by atoms with Crippen molar-refractivity contribution in [3.63, 3.8) is 0 Å². The van der Waals surface area contributed by atoms with Gasteiger partial charge in [-0.15, -0.1) is 0 Å². The van der Waals surface area contributed by atoms with E-state index in [1.54, 1.807) is 6.92 Å². The molecule has 1 heterocycles. The molecule has 2 aromatic rings. The molecule has 0 amide bonds. The molecule has 0 aliphatic heterocycles. The van der Waals surface area contributed by atoms with Gasteiger partial charge in [-0.2, -0.15) is 0 Å². The van der Waals surface area contributed by atoms with E-state index < -0.39 is 6.10 Å². The first kappa shape index (κ1) is 18.1. The number of hydrogen-bond acceptors (Lipinski definition) is 4. The number of aromatic nitrogens is 1. The maximum absolute atomic E-state index is 11.9. The molecule has 0 N–H and O–H groups in total. The largest absolute Gasteiger partial charge is 0.492 e. The van der Waals surface area contributed by atoms with Crippen molar-refractivity contribution in [3.05, 3.63) is 54.4 Å². The first-order valence-corrected chi connectivity index (χ1v) is 8.33. The Labute approximate surface area is 143 Å². The number of esters is 1. The number of nitrogens with zero attached hydrogens (tertiary/aromatic N) is 1. The van der Waals surface area contributed by atoms with Crippen LogP contribution in [0.2, 0.25) is 0 Å². The third-order valence-corrected chi connectivity index (χ3v) is 3.55. The highest BCUT2D eigenvalue weighted by molar-refractivity contribution is 5.75. The molecule has 0 saturated carbocycles. The minimum atomic E-state index is -0.560. The predicted octanol–water partition coefficient (Wildman–Crippen LogP) is 3.08. The van der Waals surface area contributed by atoms with Crippen LogP contribution in [0.15, 0.2) is 48.8 Å². The van der Waals surface area contributed by atoms with E-state index >= 15 is 0 Å². The fourth-order valence-electron chi connectivity index (χ4n) is 2.37. The van der Waals surface area contributed by atoms with E-state index in [2.05, 4.69) is 4.57 Å². The third-order valence-electron chi connectivity index (χ3n) is 3.55. The SMILES string of the molecule is CCOC(=O)[C@H](Cc1ccc(OCCn2cccc2)cc1)OCC. The lowest BCUT2D eigenvalue weighted by Crippen LogP contribution is -2.28. The molecule has 0 aliphatic carbocycles. The summed E-state index contributed by atoms with van der Waals surface area (Å²) in [6, 6.07) is 11.7. The number of hydrogen-bond donors (Lipinski definition) is 0. The molecule has 5 nitrogen and oxygen atoms in total. The van der Waals surface area contributed by atoms with E-state index in [4.69, 9.17) is 14.2 Å².